The van der Waals surface area contributed by atoms with Gasteiger partial charge < -0.3 is 14.2 Å². The summed E-state index contributed by atoms with van der Waals surface area (Å²) in [6, 6.07) is 14.1. The summed E-state index contributed by atoms with van der Waals surface area (Å²) in [6.45, 7) is 5.02. The van der Waals surface area contributed by atoms with Gasteiger partial charge in [0, 0.05) is 5.39 Å². The number of para-hydroxylation sites is 1. The number of nitrogens with one attached hydrogen (secondary N) is 1. The van der Waals surface area contributed by atoms with E-state index in [1.807, 2.05) is 37.3 Å². The zero-order chi connectivity index (χ0) is 13.9. The van der Waals surface area contributed by atoms with Crippen molar-refractivity contribution in [1.29, 1.82) is 0 Å². The first-order valence-corrected chi connectivity index (χ1v) is 7.06. The second kappa shape index (κ2) is 5.55. The van der Waals surface area contributed by atoms with E-state index < -0.39 is 0 Å². The van der Waals surface area contributed by atoms with Crippen LogP contribution in [0.25, 0.3) is 11.0 Å². The van der Waals surface area contributed by atoms with Crippen LogP contribution in [0.4, 0.5) is 0 Å². The van der Waals surface area contributed by atoms with E-state index in [0.717, 1.165) is 41.2 Å². The monoisotopic (exact) mass is 269 g/mol. The first kappa shape index (κ1) is 13.0. The Morgan fingerprint density at radius 1 is 1.05 bits per heavy atom. The lowest BCUT2D eigenvalue weighted by Gasteiger charge is -2.13. The molecule has 0 spiro atoms. The number of hydrogen-bond donors (Lipinski definition) is 1. The molecular weight excluding hydrogens is 250 g/mol. The highest BCUT2D eigenvalue weighted by Gasteiger charge is 2.20. The molecule has 0 radical (unpaired) electrons. The van der Waals surface area contributed by atoms with E-state index in [2.05, 4.69) is 24.4 Å². The number of aryl methyl sites for hydroxylation is 1. The van der Waals surface area contributed by atoms with Crippen molar-refractivity contribution in [2.24, 2.45) is 0 Å². The van der Waals surface area contributed by atoms with E-state index in [4.69, 9.17) is 8.83 Å². The minimum Gasteiger partial charge on any atom is -0.464 e. The summed E-state index contributed by atoms with van der Waals surface area (Å²) in [4.78, 5) is 0. The fourth-order valence-corrected chi connectivity index (χ4v) is 2.38. The third-order valence-electron chi connectivity index (χ3n) is 3.37. The van der Waals surface area contributed by atoms with Crippen LogP contribution in [0.15, 0.2) is 51.3 Å². The van der Waals surface area contributed by atoms with Crippen molar-refractivity contribution in [2.75, 3.05) is 6.54 Å². The van der Waals surface area contributed by atoms with Gasteiger partial charge in [0.25, 0.3) is 0 Å². The predicted molar refractivity (Wildman–Crippen MR) is 79.8 cm³/mol. The Bertz CT molecular complexity index is 663. The van der Waals surface area contributed by atoms with Gasteiger partial charge >= 0.3 is 0 Å². The zero-order valence-corrected chi connectivity index (χ0v) is 11.8. The Morgan fingerprint density at radius 2 is 1.90 bits per heavy atom. The first-order valence-electron chi connectivity index (χ1n) is 7.06. The summed E-state index contributed by atoms with van der Waals surface area (Å²) in [5.74, 6) is 2.71. The minimum absolute atomic E-state index is 0.0314. The van der Waals surface area contributed by atoms with Gasteiger partial charge in [0.2, 0.25) is 0 Å². The molecule has 1 atom stereocenters. The maximum Gasteiger partial charge on any atom is 0.134 e. The normalized spacial score (nSPS) is 12.9. The number of fused-ring (bicyclic) bond motifs is 1. The lowest BCUT2D eigenvalue weighted by atomic mass is 10.1. The van der Waals surface area contributed by atoms with Crippen molar-refractivity contribution in [3.8, 4) is 0 Å². The molecule has 0 bridgehead atoms. The summed E-state index contributed by atoms with van der Waals surface area (Å²) in [5.41, 5.74) is 0.911. The second-order valence-corrected chi connectivity index (χ2v) is 5.02. The summed E-state index contributed by atoms with van der Waals surface area (Å²) < 4.78 is 11.7. The molecule has 0 aliphatic carbocycles. The van der Waals surface area contributed by atoms with Crippen LogP contribution in [0.2, 0.25) is 0 Å². The van der Waals surface area contributed by atoms with Gasteiger partial charge in [-0.3, -0.25) is 0 Å². The standard InChI is InChI=1S/C17H19NO2/c1-3-10-18-17(15-9-8-12(2)19-15)16-11-13-6-4-5-7-14(13)20-16/h4-9,11,17-18H,3,10H2,1-2H3. The molecule has 2 aromatic heterocycles. The number of hydrogen-bond acceptors (Lipinski definition) is 3. The topological polar surface area (TPSA) is 38.3 Å². The van der Waals surface area contributed by atoms with Crippen molar-refractivity contribution < 1.29 is 8.83 Å². The highest BCUT2D eigenvalue weighted by atomic mass is 16.4. The SMILES string of the molecule is CCCNC(c1ccc(C)o1)c1cc2ccccc2o1. The molecule has 3 aromatic rings. The van der Waals surface area contributed by atoms with Gasteiger partial charge in [-0.2, -0.15) is 0 Å². The van der Waals surface area contributed by atoms with Crippen molar-refractivity contribution in [3.63, 3.8) is 0 Å². The van der Waals surface area contributed by atoms with Crippen LogP contribution in [0.1, 0.15) is 36.7 Å². The minimum atomic E-state index is -0.0314. The Hall–Kier alpha value is -2.00. The molecule has 3 rings (SSSR count). The fraction of sp³-hybridized carbons (Fsp3) is 0.294. The lowest BCUT2D eigenvalue weighted by Crippen LogP contribution is -2.22. The van der Waals surface area contributed by atoms with Crippen LogP contribution in [-0.2, 0) is 0 Å². The molecule has 0 saturated heterocycles. The van der Waals surface area contributed by atoms with E-state index in [1.165, 1.54) is 0 Å². The quantitative estimate of drug-likeness (QED) is 0.745. The molecule has 0 saturated carbocycles. The molecule has 3 heteroatoms. The van der Waals surface area contributed by atoms with Gasteiger partial charge in [-0.25, -0.2) is 0 Å². The van der Waals surface area contributed by atoms with Crippen molar-refractivity contribution in [2.45, 2.75) is 26.3 Å². The number of benzene rings is 1. The molecule has 3 nitrogen and oxygen atoms in total. The van der Waals surface area contributed by atoms with E-state index in [0.29, 0.717) is 0 Å². The summed E-state index contributed by atoms with van der Waals surface area (Å²) in [7, 11) is 0. The Kier molecular flexibility index (Phi) is 3.61. The maximum absolute atomic E-state index is 5.97. The van der Waals surface area contributed by atoms with Gasteiger partial charge in [0.1, 0.15) is 28.9 Å². The predicted octanol–water partition coefficient (Wildman–Crippen LogP) is 4.42. The van der Waals surface area contributed by atoms with Crippen LogP contribution in [0.5, 0.6) is 0 Å². The third kappa shape index (κ3) is 2.49. The average molecular weight is 269 g/mol. The molecular formula is C17H19NO2. The molecule has 0 aliphatic rings. The lowest BCUT2D eigenvalue weighted by molar-refractivity contribution is 0.390. The highest BCUT2D eigenvalue weighted by Crippen LogP contribution is 2.29. The van der Waals surface area contributed by atoms with Crippen LogP contribution >= 0.6 is 0 Å². The van der Waals surface area contributed by atoms with Gasteiger partial charge in [0.15, 0.2) is 0 Å². The van der Waals surface area contributed by atoms with Gasteiger partial charge in [-0.1, -0.05) is 25.1 Å². The van der Waals surface area contributed by atoms with Gasteiger partial charge in [-0.05, 0) is 44.2 Å². The summed E-state index contributed by atoms with van der Waals surface area (Å²) in [5, 5.41) is 4.61. The van der Waals surface area contributed by atoms with Crippen LogP contribution in [-0.4, -0.2) is 6.54 Å². The smallest absolute Gasteiger partial charge is 0.134 e. The van der Waals surface area contributed by atoms with Gasteiger partial charge in [-0.15, -0.1) is 0 Å². The molecule has 0 fully saturated rings. The molecule has 1 aromatic carbocycles. The molecule has 20 heavy (non-hydrogen) atoms. The first-order chi connectivity index (χ1) is 9.78. The molecule has 104 valence electrons. The Balaban J connectivity index is 1.99. The Morgan fingerprint density at radius 3 is 2.60 bits per heavy atom. The molecule has 0 amide bonds. The summed E-state index contributed by atoms with van der Waals surface area (Å²) >= 11 is 0. The van der Waals surface area contributed by atoms with Gasteiger partial charge in [0.05, 0.1) is 0 Å². The third-order valence-corrected chi connectivity index (χ3v) is 3.37. The van der Waals surface area contributed by atoms with E-state index in [-0.39, 0.29) is 6.04 Å². The van der Waals surface area contributed by atoms with Crippen molar-refractivity contribution in [1.82, 2.24) is 5.32 Å². The van der Waals surface area contributed by atoms with E-state index in [9.17, 15) is 0 Å². The Labute approximate surface area is 118 Å². The summed E-state index contributed by atoms with van der Waals surface area (Å²) in [6.07, 6.45) is 1.07. The molecule has 0 aliphatic heterocycles. The van der Waals surface area contributed by atoms with E-state index in [1.54, 1.807) is 0 Å². The van der Waals surface area contributed by atoms with Crippen LogP contribution in [0, 0.1) is 6.92 Å². The van der Waals surface area contributed by atoms with Crippen LogP contribution in [0.3, 0.4) is 0 Å². The van der Waals surface area contributed by atoms with Crippen molar-refractivity contribution in [3.05, 3.63) is 59.7 Å². The molecule has 1 N–H and O–H groups in total. The molecule has 2 heterocycles. The molecule has 1 unspecified atom stereocenters. The number of furan rings is 2. The zero-order valence-electron chi connectivity index (χ0n) is 11.8. The van der Waals surface area contributed by atoms with E-state index >= 15 is 0 Å². The fourth-order valence-electron chi connectivity index (χ4n) is 2.38. The number of rotatable bonds is 5. The highest BCUT2D eigenvalue weighted by molar-refractivity contribution is 5.77. The van der Waals surface area contributed by atoms with Crippen LogP contribution < -0.4 is 5.32 Å². The second-order valence-electron chi connectivity index (χ2n) is 5.02. The largest absolute Gasteiger partial charge is 0.464 e. The van der Waals surface area contributed by atoms with Crippen molar-refractivity contribution >= 4 is 11.0 Å². The average Bonchev–Trinajstić information content (AvgIpc) is 3.05. The maximum atomic E-state index is 5.97.